The number of aryl methyl sites for hydroxylation is 1. The summed E-state index contributed by atoms with van der Waals surface area (Å²) in [6.07, 6.45) is 0.455. The van der Waals surface area contributed by atoms with Crippen LogP contribution >= 0.6 is 0 Å². The van der Waals surface area contributed by atoms with E-state index < -0.39 is 0 Å². The first-order valence-electron chi connectivity index (χ1n) is 6.37. The molecule has 2 rings (SSSR count). The average Bonchev–Trinajstić information content (AvgIpc) is 2.90. The van der Waals surface area contributed by atoms with Crippen LogP contribution in [0.1, 0.15) is 34.2 Å². The maximum absolute atomic E-state index is 12.4. The summed E-state index contributed by atoms with van der Waals surface area (Å²) in [6, 6.07) is 9.36. The summed E-state index contributed by atoms with van der Waals surface area (Å²) in [6.45, 7) is 1.66. The van der Waals surface area contributed by atoms with Crippen LogP contribution in [-0.4, -0.2) is 39.9 Å². The standard InChI is InChI=1S/C14H17N3O3/c1-10-13(16-20-15-10)14(19)17(2)12(8-9-18)11-6-4-3-5-7-11/h3-7,12,18H,8-9H2,1-2H3. The number of carbonyl (C=O) groups is 1. The number of aromatic nitrogens is 2. The third-order valence-electron chi connectivity index (χ3n) is 3.23. The Hall–Kier alpha value is -2.21. The van der Waals surface area contributed by atoms with Crippen molar-refractivity contribution in [2.75, 3.05) is 13.7 Å². The largest absolute Gasteiger partial charge is 0.396 e. The number of benzene rings is 1. The van der Waals surface area contributed by atoms with E-state index in [9.17, 15) is 9.90 Å². The Morgan fingerprint density at radius 2 is 2.05 bits per heavy atom. The molecular formula is C14H17N3O3. The first-order valence-corrected chi connectivity index (χ1v) is 6.37. The van der Waals surface area contributed by atoms with Gasteiger partial charge in [-0.3, -0.25) is 4.79 Å². The van der Waals surface area contributed by atoms with Crippen molar-refractivity contribution >= 4 is 5.91 Å². The summed E-state index contributed by atoms with van der Waals surface area (Å²) in [4.78, 5) is 14.0. The van der Waals surface area contributed by atoms with Gasteiger partial charge in [0, 0.05) is 13.7 Å². The number of hydrogen-bond acceptors (Lipinski definition) is 5. The second-order valence-corrected chi connectivity index (χ2v) is 4.55. The predicted molar refractivity (Wildman–Crippen MR) is 72.0 cm³/mol. The van der Waals surface area contributed by atoms with Gasteiger partial charge in [0.2, 0.25) is 0 Å². The minimum Gasteiger partial charge on any atom is -0.396 e. The smallest absolute Gasteiger partial charge is 0.278 e. The third-order valence-corrected chi connectivity index (χ3v) is 3.23. The number of carbonyl (C=O) groups excluding carboxylic acids is 1. The van der Waals surface area contributed by atoms with E-state index in [1.807, 2.05) is 30.3 Å². The number of aliphatic hydroxyl groups is 1. The Labute approximate surface area is 117 Å². The highest BCUT2D eigenvalue weighted by Crippen LogP contribution is 2.24. The van der Waals surface area contributed by atoms with Crippen molar-refractivity contribution in [1.29, 1.82) is 0 Å². The minimum atomic E-state index is -0.272. The van der Waals surface area contributed by atoms with Gasteiger partial charge in [0.25, 0.3) is 5.91 Å². The molecule has 0 aliphatic rings. The molecule has 0 saturated carbocycles. The van der Waals surface area contributed by atoms with Crippen LogP contribution in [0.4, 0.5) is 0 Å². The summed E-state index contributed by atoms with van der Waals surface area (Å²) in [5.74, 6) is -0.272. The summed E-state index contributed by atoms with van der Waals surface area (Å²) in [5.41, 5.74) is 1.62. The van der Waals surface area contributed by atoms with Gasteiger partial charge in [0.1, 0.15) is 5.69 Å². The van der Waals surface area contributed by atoms with E-state index in [-0.39, 0.29) is 24.2 Å². The molecule has 0 saturated heterocycles. The van der Waals surface area contributed by atoms with Gasteiger partial charge in [-0.2, -0.15) is 0 Å². The zero-order chi connectivity index (χ0) is 14.5. The second-order valence-electron chi connectivity index (χ2n) is 4.55. The number of aliphatic hydroxyl groups excluding tert-OH is 1. The van der Waals surface area contributed by atoms with E-state index in [2.05, 4.69) is 14.9 Å². The molecule has 0 spiro atoms. The average molecular weight is 275 g/mol. The van der Waals surface area contributed by atoms with Crippen LogP contribution in [0.3, 0.4) is 0 Å². The van der Waals surface area contributed by atoms with Crippen molar-refractivity contribution < 1.29 is 14.5 Å². The highest BCUT2D eigenvalue weighted by atomic mass is 16.6. The van der Waals surface area contributed by atoms with Gasteiger partial charge < -0.3 is 10.0 Å². The zero-order valence-electron chi connectivity index (χ0n) is 11.5. The Balaban J connectivity index is 2.26. The molecule has 1 heterocycles. The van der Waals surface area contributed by atoms with Crippen molar-refractivity contribution in [3.8, 4) is 0 Å². The van der Waals surface area contributed by atoms with Gasteiger partial charge >= 0.3 is 0 Å². The predicted octanol–water partition coefficient (Wildman–Crippen LogP) is 1.57. The maximum atomic E-state index is 12.4. The van der Waals surface area contributed by atoms with Crippen molar-refractivity contribution in [2.45, 2.75) is 19.4 Å². The third kappa shape index (κ3) is 2.85. The zero-order valence-corrected chi connectivity index (χ0v) is 11.5. The SMILES string of the molecule is Cc1nonc1C(=O)N(C)C(CCO)c1ccccc1. The summed E-state index contributed by atoms with van der Waals surface area (Å²) in [5, 5.41) is 16.5. The normalized spacial score (nSPS) is 12.2. The molecule has 1 aromatic carbocycles. The van der Waals surface area contributed by atoms with E-state index >= 15 is 0 Å². The second kappa shape index (κ2) is 6.29. The van der Waals surface area contributed by atoms with E-state index in [1.165, 1.54) is 0 Å². The van der Waals surface area contributed by atoms with Gasteiger partial charge in [0.05, 0.1) is 6.04 Å². The molecule has 0 radical (unpaired) electrons. The fourth-order valence-electron chi connectivity index (χ4n) is 2.12. The quantitative estimate of drug-likeness (QED) is 0.896. The van der Waals surface area contributed by atoms with E-state index in [0.29, 0.717) is 12.1 Å². The van der Waals surface area contributed by atoms with Gasteiger partial charge in [-0.15, -0.1) is 0 Å². The van der Waals surface area contributed by atoms with Gasteiger partial charge in [0.15, 0.2) is 5.69 Å². The Morgan fingerprint density at radius 1 is 1.35 bits per heavy atom. The first-order chi connectivity index (χ1) is 9.65. The lowest BCUT2D eigenvalue weighted by molar-refractivity contribution is 0.0693. The highest BCUT2D eigenvalue weighted by molar-refractivity contribution is 5.93. The van der Waals surface area contributed by atoms with E-state index in [1.54, 1.807) is 18.9 Å². The van der Waals surface area contributed by atoms with Crippen LogP contribution in [0.25, 0.3) is 0 Å². The monoisotopic (exact) mass is 275 g/mol. The number of nitrogens with zero attached hydrogens (tertiary/aromatic N) is 3. The van der Waals surface area contributed by atoms with Crippen molar-refractivity contribution in [1.82, 2.24) is 15.2 Å². The molecule has 6 heteroatoms. The summed E-state index contributed by atoms with van der Waals surface area (Å²) >= 11 is 0. The number of amides is 1. The number of rotatable bonds is 5. The molecule has 1 N–H and O–H groups in total. The lowest BCUT2D eigenvalue weighted by atomic mass is 10.0. The summed E-state index contributed by atoms with van der Waals surface area (Å²) in [7, 11) is 1.68. The molecule has 20 heavy (non-hydrogen) atoms. The fourth-order valence-corrected chi connectivity index (χ4v) is 2.12. The summed E-state index contributed by atoms with van der Waals surface area (Å²) < 4.78 is 4.57. The number of hydrogen-bond donors (Lipinski definition) is 1. The fraction of sp³-hybridized carbons (Fsp3) is 0.357. The topological polar surface area (TPSA) is 79.5 Å². The molecule has 2 aromatic rings. The molecule has 6 nitrogen and oxygen atoms in total. The van der Waals surface area contributed by atoms with Gasteiger partial charge in [-0.1, -0.05) is 35.5 Å². The van der Waals surface area contributed by atoms with Crippen molar-refractivity contribution in [3.05, 3.63) is 47.3 Å². The maximum Gasteiger partial charge on any atom is 0.278 e. The molecular weight excluding hydrogens is 258 g/mol. The van der Waals surface area contributed by atoms with Crippen molar-refractivity contribution in [2.24, 2.45) is 0 Å². The van der Waals surface area contributed by atoms with Gasteiger partial charge in [-0.05, 0) is 24.1 Å². The molecule has 1 aromatic heterocycles. The molecule has 1 unspecified atom stereocenters. The van der Waals surface area contributed by atoms with Crippen molar-refractivity contribution in [3.63, 3.8) is 0 Å². The van der Waals surface area contributed by atoms with Crippen LogP contribution in [0.2, 0.25) is 0 Å². The molecule has 0 bridgehead atoms. The lowest BCUT2D eigenvalue weighted by Crippen LogP contribution is -2.32. The Kier molecular flexibility index (Phi) is 4.47. The minimum absolute atomic E-state index is 0.00672. The highest BCUT2D eigenvalue weighted by Gasteiger charge is 2.26. The lowest BCUT2D eigenvalue weighted by Gasteiger charge is -2.27. The van der Waals surface area contributed by atoms with Crippen LogP contribution in [0, 0.1) is 6.92 Å². The molecule has 106 valence electrons. The van der Waals surface area contributed by atoms with Crippen LogP contribution < -0.4 is 0 Å². The molecule has 0 fully saturated rings. The molecule has 1 amide bonds. The van der Waals surface area contributed by atoms with E-state index in [4.69, 9.17) is 0 Å². The van der Waals surface area contributed by atoms with Crippen LogP contribution in [0.5, 0.6) is 0 Å². The van der Waals surface area contributed by atoms with Gasteiger partial charge in [-0.25, -0.2) is 4.63 Å². The van der Waals surface area contributed by atoms with Crippen LogP contribution in [-0.2, 0) is 0 Å². The molecule has 1 atom stereocenters. The Morgan fingerprint density at radius 3 is 2.60 bits per heavy atom. The molecule has 0 aliphatic heterocycles. The van der Waals surface area contributed by atoms with Crippen LogP contribution in [0.15, 0.2) is 35.0 Å². The first kappa shape index (κ1) is 14.2. The Bertz CT molecular complexity index is 568. The molecule has 0 aliphatic carbocycles. The van der Waals surface area contributed by atoms with E-state index in [0.717, 1.165) is 5.56 Å².